The molecule has 0 N–H and O–H groups in total. The first-order chi connectivity index (χ1) is 8.11. The van der Waals surface area contributed by atoms with Crippen LogP contribution in [-0.4, -0.2) is 17.6 Å². The highest BCUT2D eigenvalue weighted by atomic mass is 79.9. The highest BCUT2D eigenvalue weighted by molar-refractivity contribution is 9.10. The van der Waals surface area contributed by atoms with E-state index in [4.69, 9.17) is 0 Å². The highest BCUT2D eigenvalue weighted by Gasteiger charge is 2.08. The van der Waals surface area contributed by atoms with Crippen LogP contribution < -0.4 is 5.56 Å². The molecule has 1 aromatic carbocycles. The fourth-order valence-corrected chi connectivity index (χ4v) is 2.01. The van der Waals surface area contributed by atoms with Gasteiger partial charge in [0.05, 0.1) is 12.6 Å². The first kappa shape index (κ1) is 11.9. The number of pyridine rings is 1. The van der Waals surface area contributed by atoms with Crippen LogP contribution in [0.1, 0.15) is 0 Å². The largest absolute Gasteiger partial charge is 0.468 e. The van der Waals surface area contributed by atoms with E-state index in [9.17, 15) is 9.59 Å². The second-order valence-electron chi connectivity index (χ2n) is 3.54. The summed E-state index contributed by atoms with van der Waals surface area (Å²) in [6.45, 7) is -0.0751. The van der Waals surface area contributed by atoms with E-state index in [-0.39, 0.29) is 12.1 Å². The molecule has 1 aromatic heterocycles. The van der Waals surface area contributed by atoms with E-state index in [2.05, 4.69) is 20.7 Å². The molecule has 2 aromatic rings. The second kappa shape index (κ2) is 4.71. The molecular weight excluding hydrogens is 286 g/mol. The summed E-state index contributed by atoms with van der Waals surface area (Å²) in [4.78, 5) is 23.0. The summed E-state index contributed by atoms with van der Waals surface area (Å²) < 4.78 is 6.89. The molecule has 5 heteroatoms. The van der Waals surface area contributed by atoms with Gasteiger partial charge in [-0.1, -0.05) is 15.9 Å². The van der Waals surface area contributed by atoms with Crippen molar-refractivity contribution in [3.63, 3.8) is 0 Å². The number of ether oxygens (including phenoxy) is 1. The lowest BCUT2D eigenvalue weighted by Gasteiger charge is -2.08. The van der Waals surface area contributed by atoms with Gasteiger partial charge in [0.2, 0.25) is 0 Å². The van der Waals surface area contributed by atoms with E-state index in [1.54, 1.807) is 12.1 Å². The van der Waals surface area contributed by atoms with Gasteiger partial charge in [0.15, 0.2) is 0 Å². The Kier molecular flexibility index (Phi) is 3.28. The maximum atomic E-state index is 11.7. The molecular formula is C12H10BrNO3. The van der Waals surface area contributed by atoms with Crippen LogP contribution in [0.4, 0.5) is 0 Å². The fraction of sp³-hybridized carbons (Fsp3) is 0.167. The molecule has 0 aliphatic carbocycles. The van der Waals surface area contributed by atoms with E-state index in [1.807, 2.05) is 12.1 Å². The summed E-state index contributed by atoms with van der Waals surface area (Å²) in [5.74, 6) is -0.442. The van der Waals surface area contributed by atoms with Crippen molar-refractivity contribution in [2.75, 3.05) is 7.11 Å². The number of nitrogens with zero attached hydrogens (tertiary/aromatic N) is 1. The SMILES string of the molecule is COC(=O)Cn1c(=O)ccc2cc(Br)ccc21. The molecule has 1 heterocycles. The monoisotopic (exact) mass is 295 g/mol. The number of fused-ring (bicyclic) bond motifs is 1. The van der Waals surface area contributed by atoms with Crippen molar-refractivity contribution in [1.29, 1.82) is 0 Å². The van der Waals surface area contributed by atoms with Crippen molar-refractivity contribution in [2.45, 2.75) is 6.54 Å². The topological polar surface area (TPSA) is 48.3 Å². The molecule has 0 bridgehead atoms. The lowest BCUT2D eigenvalue weighted by molar-refractivity contribution is -0.141. The zero-order chi connectivity index (χ0) is 12.4. The minimum absolute atomic E-state index is 0.0751. The van der Waals surface area contributed by atoms with E-state index in [0.717, 1.165) is 9.86 Å². The van der Waals surface area contributed by atoms with Gasteiger partial charge in [0.25, 0.3) is 5.56 Å². The van der Waals surface area contributed by atoms with E-state index >= 15 is 0 Å². The summed E-state index contributed by atoms with van der Waals surface area (Å²) in [5, 5.41) is 0.892. The molecule has 0 unspecified atom stereocenters. The molecule has 0 fully saturated rings. The number of aromatic nitrogens is 1. The summed E-state index contributed by atoms with van der Waals surface area (Å²) in [6.07, 6.45) is 0. The Morgan fingerprint density at radius 3 is 2.82 bits per heavy atom. The Balaban J connectivity index is 2.63. The number of carbonyl (C=O) groups is 1. The summed E-state index contributed by atoms with van der Waals surface area (Å²) >= 11 is 3.36. The summed E-state index contributed by atoms with van der Waals surface area (Å²) in [6, 6.07) is 8.69. The first-order valence-electron chi connectivity index (χ1n) is 4.98. The maximum Gasteiger partial charge on any atom is 0.325 e. The minimum Gasteiger partial charge on any atom is -0.468 e. The molecule has 2 rings (SSSR count). The molecule has 4 nitrogen and oxygen atoms in total. The Hall–Kier alpha value is -1.62. The van der Waals surface area contributed by atoms with Crippen LogP contribution >= 0.6 is 15.9 Å². The number of rotatable bonds is 2. The van der Waals surface area contributed by atoms with Crippen molar-refractivity contribution < 1.29 is 9.53 Å². The second-order valence-corrected chi connectivity index (χ2v) is 4.45. The average molecular weight is 296 g/mol. The van der Waals surface area contributed by atoms with Gasteiger partial charge in [0.1, 0.15) is 6.54 Å². The summed E-state index contributed by atoms with van der Waals surface area (Å²) in [7, 11) is 1.30. The number of esters is 1. The third kappa shape index (κ3) is 2.39. The molecule has 0 saturated heterocycles. The molecule has 17 heavy (non-hydrogen) atoms. The molecule has 0 saturated carbocycles. The third-order valence-corrected chi connectivity index (χ3v) is 2.96. The molecule has 88 valence electrons. The Morgan fingerprint density at radius 2 is 2.12 bits per heavy atom. The van der Waals surface area contributed by atoms with Crippen molar-refractivity contribution in [2.24, 2.45) is 0 Å². The number of carbonyl (C=O) groups excluding carboxylic acids is 1. The predicted octanol–water partition coefficient (Wildman–Crippen LogP) is 1.94. The average Bonchev–Trinajstić information content (AvgIpc) is 2.32. The molecule has 0 aliphatic rings. The third-order valence-electron chi connectivity index (χ3n) is 2.47. The van der Waals surface area contributed by atoms with Gasteiger partial charge < -0.3 is 4.74 Å². The van der Waals surface area contributed by atoms with Gasteiger partial charge in [-0.2, -0.15) is 0 Å². The lowest BCUT2D eigenvalue weighted by Crippen LogP contribution is -2.24. The first-order valence-corrected chi connectivity index (χ1v) is 5.77. The number of hydrogen-bond acceptors (Lipinski definition) is 3. The molecule has 0 atom stereocenters. The van der Waals surface area contributed by atoms with Crippen LogP contribution in [0, 0.1) is 0 Å². The van der Waals surface area contributed by atoms with Crippen molar-refractivity contribution in [3.05, 3.63) is 45.2 Å². The van der Waals surface area contributed by atoms with E-state index in [1.165, 1.54) is 17.7 Å². The number of halogens is 1. The van der Waals surface area contributed by atoms with Crippen LogP contribution in [0.15, 0.2) is 39.6 Å². The highest BCUT2D eigenvalue weighted by Crippen LogP contribution is 2.18. The zero-order valence-corrected chi connectivity index (χ0v) is 10.7. The quantitative estimate of drug-likeness (QED) is 0.796. The Labute approximate surface area is 106 Å². The molecule has 0 radical (unpaired) electrons. The van der Waals surface area contributed by atoms with Crippen LogP contribution in [0.3, 0.4) is 0 Å². The number of hydrogen-bond donors (Lipinski definition) is 0. The maximum absolute atomic E-state index is 11.7. The number of benzene rings is 1. The van der Waals surface area contributed by atoms with Crippen LogP contribution in [0.2, 0.25) is 0 Å². The Morgan fingerprint density at radius 1 is 1.35 bits per heavy atom. The standard InChI is InChI=1S/C12H10BrNO3/c1-17-12(16)7-14-10-4-3-9(13)6-8(10)2-5-11(14)15/h2-6H,7H2,1H3. The smallest absolute Gasteiger partial charge is 0.325 e. The van der Waals surface area contributed by atoms with Gasteiger partial charge in [-0.15, -0.1) is 0 Å². The van der Waals surface area contributed by atoms with Crippen LogP contribution in [-0.2, 0) is 16.1 Å². The van der Waals surface area contributed by atoms with E-state index < -0.39 is 5.97 Å². The number of methoxy groups -OCH3 is 1. The predicted molar refractivity (Wildman–Crippen MR) is 67.9 cm³/mol. The molecule has 0 aliphatic heterocycles. The van der Waals surface area contributed by atoms with Crippen molar-refractivity contribution in [1.82, 2.24) is 4.57 Å². The van der Waals surface area contributed by atoms with Gasteiger partial charge >= 0.3 is 5.97 Å². The van der Waals surface area contributed by atoms with Gasteiger partial charge in [-0.05, 0) is 29.7 Å². The molecule has 0 spiro atoms. The zero-order valence-electron chi connectivity index (χ0n) is 9.14. The van der Waals surface area contributed by atoms with Crippen molar-refractivity contribution >= 4 is 32.8 Å². The fourth-order valence-electron chi connectivity index (χ4n) is 1.63. The normalized spacial score (nSPS) is 10.5. The van der Waals surface area contributed by atoms with Gasteiger partial charge in [0, 0.05) is 10.5 Å². The lowest BCUT2D eigenvalue weighted by atomic mass is 10.2. The van der Waals surface area contributed by atoms with Gasteiger partial charge in [-0.25, -0.2) is 0 Å². The van der Waals surface area contributed by atoms with Crippen LogP contribution in [0.5, 0.6) is 0 Å². The van der Waals surface area contributed by atoms with Crippen molar-refractivity contribution in [3.8, 4) is 0 Å². The summed E-state index contributed by atoms with van der Waals surface area (Å²) in [5.41, 5.74) is 0.497. The van der Waals surface area contributed by atoms with Crippen LogP contribution in [0.25, 0.3) is 10.9 Å². The Bertz CT molecular complexity index is 633. The van der Waals surface area contributed by atoms with E-state index in [0.29, 0.717) is 5.52 Å². The minimum atomic E-state index is -0.442. The van der Waals surface area contributed by atoms with Gasteiger partial charge in [-0.3, -0.25) is 14.2 Å². The molecule has 0 amide bonds.